The number of aromatic nitrogens is 1. The van der Waals surface area contributed by atoms with Crippen LogP contribution in [-0.2, 0) is 6.42 Å². The van der Waals surface area contributed by atoms with E-state index in [2.05, 4.69) is 4.98 Å². The molecule has 0 aliphatic carbocycles. The van der Waals surface area contributed by atoms with Gasteiger partial charge in [-0.25, -0.2) is 13.2 Å². The minimum atomic E-state index is -2.60. The summed E-state index contributed by atoms with van der Waals surface area (Å²) < 4.78 is 38.2. The molecule has 1 aromatic carbocycles. The molecule has 104 valence electrons. The van der Waals surface area contributed by atoms with Gasteiger partial charge in [0.25, 0.3) is 5.69 Å². The van der Waals surface area contributed by atoms with Crippen molar-refractivity contribution in [3.05, 3.63) is 58.2 Å². The fraction of sp³-hybridized carbons (Fsp3) is 0.154. The topological polar surface area (TPSA) is 56.0 Å². The van der Waals surface area contributed by atoms with E-state index in [4.69, 9.17) is 0 Å². The van der Waals surface area contributed by atoms with E-state index in [1.165, 1.54) is 12.3 Å². The van der Waals surface area contributed by atoms with E-state index in [0.29, 0.717) is 0 Å². The molecule has 1 heterocycles. The van der Waals surface area contributed by atoms with Crippen LogP contribution in [0.25, 0.3) is 11.1 Å². The number of halogens is 3. The number of non-ortho nitro benzene ring substituents is 1. The molecule has 20 heavy (non-hydrogen) atoms. The van der Waals surface area contributed by atoms with Gasteiger partial charge in [-0.05, 0) is 17.2 Å². The first-order valence-corrected chi connectivity index (χ1v) is 5.64. The van der Waals surface area contributed by atoms with E-state index < -0.39 is 23.6 Å². The van der Waals surface area contributed by atoms with Crippen LogP contribution >= 0.6 is 0 Å². The molecule has 0 atom stereocenters. The van der Waals surface area contributed by atoms with Gasteiger partial charge in [-0.2, -0.15) is 0 Å². The lowest BCUT2D eigenvalue weighted by molar-refractivity contribution is -0.384. The highest BCUT2D eigenvalue weighted by molar-refractivity contribution is 5.69. The summed E-state index contributed by atoms with van der Waals surface area (Å²) in [5, 5.41) is 10.8. The van der Waals surface area contributed by atoms with Crippen LogP contribution in [0.2, 0.25) is 0 Å². The van der Waals surface area contributed by atoms with Crippen LogP contribution in [0.15, 0.2) is 36.7 Å². The summed E-state index contributed by atoms with van der Waals surface area (Å²) in [6.45, 7) is 0. The number of hydrogen-bond acceptors (Lipinski definition) is 3. The first kappa shape index (κ1) is 14.0. The van der Waals surface area contributed by atoms with Gasteiger partial charge in [0.05, 0.1) is 11.1 Å². The summed E-state index contributed by atoms with van der Waals surface area (Å²) in [7, 11) is 0. The number of hydrogen-bond donors (Lipinski definition) is 0. The number of benzene rings is 1. The Morgan fingerprint density at radius 2 is 2.00 bits per heavy atom. The number of pyridine rings is 1. The first-order chi connectivity index (χ1) is 9.47. The van der Waals surface area contributed by atoms with Gasteiger partial charge in [-0.1, -0.05) is 6.07 Å². The van der Waals surface area contributed by atoms with Gasteiger partial charge in [0.1, 0.15) is 5.82 Å². The third-order valence-electron chi connectivity index (χ3n) is 2.69. The minimum absolute atomic E-state index is 0.187. The van der Waals surface area contributed by atoms with Crippen molar-refractivity contribution in [1.82, 2.24) is 4.98 Å². The molecule has 0 amide bonds. The lowest BCUT2D eigenvalue weighted by Gasteiger charge is -2.09. The van der Waals surface area contributed by atoms with Crippen LogP contribution in [0.3, 0.4) is 0 Å². The Kier molecular flexibility index (Phi) is 3.97. The SMILES string of the molecule is O=[N+]([O-])c1ccc(CC(F)F)c(-c2cncc(F)c2)c1. The van der Waals surface area contributed by atoms with Crippen molar-refractivity contribution in [3.8, 4) is 11.1 Å². The molecule has 0 unspecified atom stereocenters. The zero-order valence-corrected chi connectivity index (χ0v) is 10.1. The number of nitro groups is 1. The third-order valence-corrected chi connectivity index (χ3v) is 2.69. The molecule has 0 saturated heterocycles. The molecule has 2 rings (SSSR count). The second kappa shape index (κ2) is 5.68. The molecule has 1 aromatic heterocycles. The van der Waals surface area contributed by atoms with Crippen molar-refractivity contribution >= 4 is 5.69 Å². The van der Waals surface area contributed by atoms with Gasteiger partial charge in [0.15, 0.2) is 0 Å². The average Bonchev–Trinajstić information content (AvgIpc) is 2.38. The molecular weight excluding hydrogens is 273 g/mol. The summed E-state index contributed by atoms with van der Waals surface area (Å²) in [6.07, 6.45) is -0.925. The zero-order valence-electron chi connectivity index (χ0n) is 10.1. The molecule has 2 aromatic rings. The Hall–Kier alpha value is -2.44. The standard InChI is InChI=1S/C13H9F3N2O2/c14-10-3-9(6-17-7-10)12-5-11(18(19)20)2-1-8(12)4-13(15)16/h1-3,5-7,13H,4H2. The van der Waals surface area contributed by atoms with Crippen molar-refractivity contribution in [2.75, 3.05) is 0 Å². The van der Waals surface area contributed by atoms with Gasteiger partial charge in [-0.15, -0.1) is 0 Å². The summed E-state index contributed by atoms with van der Waals surface area (Å²) in [5.41, 5.74) is 0.371. The molecule has 0 bridgehead atoms. The highest BCUT2D eigenvalue weighted by atomic mass is 19.3. The Labute approximate surface area is 112 Å². The van der Waals surface area contributed by atoms with Gasteiger partial charge >= 0.3 is 0 Å². The Bertz CT molecular complexity index is 647. The molecule has 0 aliphatic rings. The van der Waals surface area contributed by atoms with E-state index in [9.17, 15) is 23.3 Å². The van der Waals surface area contributed by atoms with Crippen LogP contribution < -0.4 is 0 Å². The van der Waals surface area contributed by atoms with E-state index in [1.54, 1.807) is 0 Å². The highest BCUT2D eigenvalue weighted by Crippen LogP contribution is 2.29. The zero-order chi connectivity index (χ0) is 14.7. The maximum atomic E-state index is 13.2. The fourth-order valence-corrected chi connectivity index (χ4v) is 1.85. The van der Waals surface area contributed by atoms with Crippen molar-refractivity contribution in [3.63, 3.8) is 0 Å². The third kappa shape index (κ3) is 3.11. The minimum Gasteiger partial charge on any atom is -0.261 e. The lowest BCUT2D eigenvalue weighted by atomic mass is 9.98. The first-order valence-electron chi connectivity index (χ1n) is 5.64. The second-order valence-electron chi connectivity index (χ2n) is 4.09. The average molecular weight is 282 g/mol. The van der Waals surface area contributed by atoms with Gasteiger partial charge in [0.2, 0.25) is 6.43 Å². The van der Waals surface area contributed by atoms with Gasteiger partial charge in [0, 0.05) is 30.3 Å². The Morgan fingerprint density at radius 3 is 2.60 bits per heavy atom. The highest BCUT2D eigenvalue weighted by Gasteiger charge is 2.16. The lowest BCUT2D eigenvalue weighted by Crippen LogP contribution is -2.00. The fourth-order valence-electron chi connectivity index (χ4n) is 1.85. The van der Waals surface area contributed by atoms with Crippen molar-refractivity contribution in [1.29, 1.82) is 0 Å². The van der Waals surface area contributed by atoms with Crippen LogP contribution in [0.1, 0.15) is 5.56 Å². The molecule has 0 radical (unpaired) electrons. The van der Waals surface area contributed by atoms with Crippen LogP contribution in [-0.4, -0.2) is 16.3 Å². The van der Waals surface area contributed by atoms with E-state index in [1.807, 2.05) is 0 Å². The van der Waals surface area contributed by atoms with Gasteiger partial charge < -0.3 is 0 Å². The van der Waals surface area contributed by atoms with Crippen molar-refractivity contribution in [2.24, 2.45) is 0 Å². The molecule has 0 spiro atoms. The van der Waals surface area contributed by atoms with Crippen molar-refractivity contribution < 1.29 is 18.1 Å². The van der Waals surface area contributed by atoms with Crippen LogP contribution in [0, 0.1) is 15.9 Å². The van der Waals surface area contributed by atoms with Crippen LogP contribution in [0.5, 0.6) is 0 Å². The number of alkyl halides is 2. The molecule has 4 nitrogen and oxygen atoms in total. The molecular formula is C13H9F3N2O2. The van der Waals surface area contributed by atoms with E-state index in [-0.39, 0.29) is 22.4 Å². The second-order valence-corrected chi connectivity index (χ2v) is 4.09. The Morgan fingerprint density at radius 1 is 1.25 bits per heavy atom. The predicted octanol–water partition coefficient (Wildman–Crippen LogP) is 3.60. The van der Waals surface area contributed by atoms with Crippen LogP contribution in [0.4, 0.5) is 18.9 Å². The smallest absolute Gasteiger partial charge is 0.261 e. The maximum Gasteiger partial charge on any atom is 0.270 e. The van der Waals surface area contributed by atoms with Gasteiger partial charge in [-0.3, -0.25) is 15.1 Å². The van der Waals surface area contributed by atoms with Crippen molar-refractivity contribution in [2.45, 2.75) is 12.8 Å². The monoisotopic (exact) mass is 282 g/mol. The summed E-state index contributed by atoms with van der Waals surface area (Å²) >= 11 is 0. The normalized spacial score (nSPS) is 10.8. The van der Waals surface area contributed by atoms with E-state index >= 15 is 0 Å². The molecule has 0 saturated carbocycles. The largest absolute Gasteiger partial charge is 0.270 e. The number of rotatable bonds is 4. The number of nitrogens with zero attached hydrogens (tertiary/aromatic N) is 2. The number of nitro benzene ring substituents is 1. The molecule has 7 heteroatoms. The molecule has 0 aliphatic heterocycles. The summed E-state index contributed by atoms with van der Waals surface area (Å²) in [4.78, 5) is 13.7. The quantitative estimate of drug-likeness (QED) is 0.636. The summed E-state index contributed by atoms with van der Waals surface area (Å²) in [6, 6.07) is 4.65. The molecule has 0 fully saturated rings. The predicted molar refractivity (Wildman–Crippen MR) is 66.0 cm³/mol. The summed E-state index contributed by atoms with van der Waals surface area (Å²) in [5.74, 6) is -0.642. The maximum absolute atomic E-state index is 13.2. The Balaban J connectivity index is 2.56. The van der Waals surface area contributed by atoms with E-state index in [0.717, 1.165) is 24.4 Å². The molecule has 0 N–H and O–H groups in total.